The van der Waals surface area contributed by atoms with Crippen molar-refractivity contribution in [3.05, 3.63) is 0 Å². The number of amides is 2. The van der Waals surface area contributed by atoms with Crippen LogP contribution in [0, 0.1) is 5.41 Å². The summed E-state index contributed by atoms with van der Waals surface area (Å²) in [6, 6.07) is -0.166. The molecule has 2 N–H and O–H groups in total. The van der Waals surface area contributed by atoms with Crippen LogP contribution in [0.1, 0.15) is 47.5 Å². The van der Waals surface area contributed by atoms with E-state index in [1.807, 2.05) is 20.8 Å². The van der Waals surface area contributed by atoms with Crippen molar-refractivity contribution in [3.8, 4) is 0 Å². The number of carbonyl (C=O) groups excluding carboxylic acids is 1. The molecule has 2 amide bonds. The molecule has 0 aromatic rings. The second-order valence-corrected chi connectivity index (χ2v) is 7.25. The summed E-state index contributed by atoms with van der Waals surface area (Å²) in [7, 11) is 1.68. The first-order chi connectivity index (χ1) is 9.50. The highest BCUT2D eigenvalue weighted by atomic mass is 16.5. The minimum absolute atomic E-state index is 0.0460. The van der Waals surface area contributed by atoms with Crippen molar-refractivity contribution in [3.63, 3.8) is 0 Å². The van der Waals surface area contributed by atoms with Gasteiger partial charge in [0.15, 0.2) is 0 Å². The Bertz CT molecular complexity index is 401. The van der Waals surface area contributed by atoms with E-state index in [2.05, 4.69) is 19.2 Å². The summed E-state index contributed by atoms with van der Waals surface area (Å²) in [5.74, 6) is -0.902. The van der Waals surface area contributed by atoms with Crippen LogP contribution in [0.5, 0.6) is 0 Å². The number of carboxylic acids is 1. The number of nitrogens with one attached hydrogen (secondary N) is 1. The normalized spacial score (nSPS) is 24.1. The van der Waals surface area contributed by atoms with E-state index in [0.29, 0.717) is 0 Å². The monoisotopic (exact) mass is 300 g/mol. The van der Waals surface area contributed by atoms with Crippen LogP contribution in [0.25, 0.3) is 0 Å². The molecule has 6 heteroatoms. The van der Waals surface area contributed by atoms with Crippen molar-refractivity contribution in [2.45, 2.75) is 65.1 Å². The zero-order valence-electron chi connectivity index (χ0n) is 13.9. The first-order valence-electron chi connectivity index (χ1n) is 7.33. The van der Waals surface area contributed by atoms with E-state index in [1.54, 1.807) is 12.0 Å². The zero-order chi connectivity index (χ0) is 16.4. The van der Waals surface area contributed by atoms with Crippen molar-refractivity contribution in [1.29, 1.82) is 0 Å². The van der Waals surface area contributed by atoms with E-state index < -0.39 is 11.5 Å². The summed E-state index contributed by atoms with van der Waals surface area (Å²) in [5.41, 5.74) is -0.533. The van der Waals surface area contributed by atoms with Crippen LogP contribution in [0.4, 0.5) is 4.79 Å². The lowest BCUT2D eigenvalue weighted by Gasteiger charge is -2.52. The number of urea groups is 1. The standard InChI is InChI=1S/C15H28N2O4/c1-14(2,3)17(8-7-12(18)19)13(20)16-10-9-11(21-6)15(10,4)5/h10-11H,7-9H2,1-6H3,(H,16,20)(H,18,19). The lowest BCUT2D eigenvalue weighted by atomic mass is 9.64. The van der Waals surface area contributed by atoms with Gasteiger partial charge in [-0.1, -0.05) is 13.8 Å². The lowest BCUT2D eigenvalue weighted by Crippen LogP contribution is -2.64. The second kappa shape index (κ2) is 6.22. The van der Waals surface area contributed by atoms with E-state index in [0.717, 1.165) is 6.42 Å². The van der Waals surface area contributed by atoms with Gasteiger partial charge in [0.05, 0.1) is 12.5 Å². The van der Waals surface area contributed by atoms with Gasteiger partial charge in [-0.25, -0.2) is 4.79 Å². The molecule has 21 heavy (non-hydrogen) atoms. The summed E-state index contributed by atoms with van der Waals surface area (Å²) in [4.78, 5) is 24.8. The topological polar surface area (TPSA) is 78.9 Å². The Labute approximate surface area is 126 Å². The number of carbonyl (C=O) groups is 2. The van der Waals surface area contributed by atoms with Crippen molar-refractivity contribution in [2.75, 3.05) is 13.7 Å². The third-order valence-electron chi connectivity index (χ3n) is 4.36. The molecule has 0 radical (unpaired) electrons. The van der Waals surface area contributed by atoms with Gasteiger partial charge in [-0.3, -0.25) is 4.79 Å². The first-order valence-corrected chi connectivity index (χ1v) is 7.33. The highest BCUT2D eigenvalue weighted by Gasteiger charge is 2.49. The average Bonchev–Trinajstić information content (AvgIpc) is 2.31. The maximum absolute atomic E-state index is 12.5. The Kier molecular flexibility index (Phi) is 5.25. The number of ether oxygens (including phenoxy) is 1. The highest BCUT2D eigenvalue weighted by molar-refractivity contribution is 5.76. The molecule has 0 saturated heterocycles. The Morgan fingerprint density at radius 1 is 1.38 bits per heavy atom. The van der Waals surface area contributed by atoms with Crippen LogP contribution < -0.4 is 5.32 Å². The Balaban J connectivity index is 2.68. The minimum Gasteiger partial charge on any atom is -0.481 e. The van der Waals surface area contributed by atoms with Crippen LogP contribution in [-0.4, -0.2) is 53.3 Å². The van der Waals surface area contributed by atoms with Crippen LogP contribution >= 0.6 is 0 Å². The van der Waals surface area contributed by atoms with Gasteiger partial charge in [0.2, 0.25) is 0 Å². The molecule has 0 aliphatic heterocycles. The SMILES string of the molecule is COC1CC(NC(=O)N(CCC(=O)O)C(C)(C)C)C1(C)C. The molecule has 0 aromatic carbocycles. The largest absolute Gasteiger partial charge is 0.481 e. The Hall–Kier alpha value is -1.30. The van der Waals surface area contributed by atoms with Crippen molar-refractivity contribution in [2.24, 2.45) is 5.41 Å². The predicted octanol–water partition coefficient (Wildman–Crippen LogP) is 2.08. The van der Waals surface area contributed by atoms with Gasteiger partial charge in [0.1, 0.15) is 0 Å². The average molecular weight is 300 g/mol. The summed E-state index contributed by atoms with van der Waals surface area (Å²) >= 11 is 0. The smallest absolute Gasteiger partial charge is 0.318 e. The van der Waals surface area contributed by atoms with E-state index in [1.165, 1.54) is 0 Å². The fraction of sp³-hybridized carbons (Fsp3) is 0.867. The van der Waals surface area contributed by atoms with Crippen molar-refractivity contribution in [1.82, 2.24) is 10.2 Å². The van der Waals surface area contributed by atoms with E-state index >= 15 is 0 Å². The molecule has 1 rings (SSSR count). The molecule has 2 unspecified atom stereocenters. The predicted molar refractivity (Wildman–Crippen MR) is 80.2 cm³/mol. The molecule has 1 saturated carbocycles. The fourth-order valence-electron chi connectivity index (χ4n) is 2.71. The second-order valence-electron chi connectivity index (χ2n) is 7.25. The maximum atomic E-state index is 12.5. The summed E-state index contributed by atoms with van der Waals surface area (Å²) in [6.07, 6.45) is 0.871. The Morgan fingerprint density at radius 2 is 1.95 bits per heavy atom. The van der Waals surface area contributed by atoms with Crippen molar-refractivity contribution >= 4 is 12.0 Å². The molecule has 1 fully saturated rings. The molecule has 0 spiro atoms. The number of rotatable bonds is 5. The van der Waals surface area contributed by atoms with E-state index in [-0.39, 0.29) is 36.6 Å². The molecule has 0 bridgehead atoms. The fourth-order valence-corrected chi connectivity index (χ4v) is 2.71. The molecule has 1 aliphatic rings. The number of nitrogens with zero attached hydrogens (tertiary/aromatic N) is 1. The Morgan fingerprint density at radius 3 is 2.33 bits per heavy atom. The van der Waals surface area contributed by atoms with Crippen LogP contribution in [0.2, 0.25) is 0 Å². The van der Waals surface area contributed by atoms with Crippen LogP contribution in [-0.2, 0) is 9.53 Å². The number of methoxy groups -OCH3 is 1. The van der Waals surface area contributed by atoms with Crippen LogP contribution in [0.3, 0.4) is 0 Å². The molecule has 1 aliphatic carbocycles. The van der Waals surface area contributed by atoms with E-state index in [9.17, 15) is 9.59 Å². The summed E-state index contributed by atoms with van der Waals surface area (Å²) in [6.45, 7) is 10.0. The van der Waals surface area contributed by atoms with Gasteiger partial charge in [-0.15, -0.1) is 0 Å². The number of hydrogen-bond donors (Lipinski definition) is 2. The first kappa shape index (κ1) is 17.8. The lowest BCUT2D eigenvalue weighted by molar-refractivity contribution is -0.137. The molecule has 0 aromatic heterocycles. The van der Waals surface area contributed by atoms with Gasteiger partial charge in [-0.2, -0.15) is 0 Å². The molecular formula is C15H28N2O4. The molecule has 0 heterocycles. The van der Waals surface area contributed by atoms with Gasteiger partial charge in [-0.05, 0) is 27.2 Å². The van der Waals surface area contributed by atoms with Crippen molar-refractivity contribution < 1.29 is 19.4 Å². The third kappa shape index (κ3) is 4.09. The minimum atomic E-state index is -0.902. The highest BCUT2D eigenvalue weighted by Crippen LogP contribution is 2.42. The van der Waals surface area contributed by atoms with Crippen LogP contribution in [0.15, 0.2) is 0 Å². The number of carboxylic acid groups (broad SMARTS) is 1. The van der Waals surface area contributed by atoms with Gasteiger partial charge >= 0.3 is 12.0 Å². The maximum Gasteiger partial charge on any atom is 0.318 e. The summed E-state index contributed by atoms with van der Waals surface area (Å²) < 4.78 is 5.38. The zero-order valence-corrected chi connectivity index (χ0v) is 13.9. The number of aliphatic carboxylic acids is 1. The molecular weight excluding hydrogens is 272 g/mol. The van der Waals surface area contributed by atoms with Gasteiger partial charge < -0.3 is 20.1 Å². The quantitative estimate of drug-likeness (QED) is 0.815. The van der Waals surface area contributed by atoms with Gasteiger partial charge in [0.25, 0.3) is 0 Å². The third-order valence-corrected chi connectivity index (χ3v) is 4.36. The molecule has 6 nitrogen and oxygen atoms in total. The molecule has 122 valence electrons. The van der Waals surface area contributed by atoms with E-state index in [4.69, 9.17) is 9.84 Å². The van der Waals surface area contributed by atoms with Gasteiger partial charge in [0, 0.05) is 30.7 Å². The summed E-state index contributed by atoms with van der Waals surface area (Å²) in [5, 5.41) is 11.8. The number of hydrogen-bond acceptors (Lipinski definition) is 3. The molecule has 2 atom stereocenters.